The van der Waals surface area contributed by atoms with Gasteiger partial charge >= 0.3 is 0 Å². The van der Waals surface area contributed by atoms with E-state index in [1.807, 2.05) is 23.1 Å². The van der Waals surface area contributed by atoms with E-state index in [0.29, 0.717) is 6.04 Å². The smallest absolute Gasteiger partial charge is 0.0695 e. The summed E-state index contributed by atoms with van der Waals surface area (Å²) in [6, 6.07) is 7.23. The molecule has 1 aromatic carbocycles. The summed E-state index contributed by atoms with van der Waals surface area (Å²) in [6.07, 6.45) is 6.50. The standard InChI is InChI=1S/C21H30N4O/c1-17-13-18(2)20(21(14-17)25-8-4-6-22-25)16-23-7-3-5-19(15-23)24-9-11-26-12-10-24/h4,6,8,13-14,19H,3,5,7,9-12,15-16H2,1-2H3/t19-/m0/s1. The molecule has 2 aliphatic rings. The Morgan fingerprint density at radius 2 is 2.00 bits per heavy atom. The molecular formula is C21H30N4O. The molecule has 2 saturated heterocycles. The average Bonchev–Trinajstić information content (AvgIpc) is 3.19. The molecule has 0 saturated carbocycles. The second-order valence-electron chi connectivity index (χ2n) is 7.71. The van der Waals surface area contributed by atoms with Crippen molar-refractivity contribution < 1.29 is 4.74 Å². The lowest BCUT2D eigenvalue weighted by atomic mass is 9.99. The predicted octanol–water partition coefficient (Wildman–Crippen LogP) is 2.79. The van der Waals surface area contributed by atoms with Gasteiger partial charge in [-0.2, -0.15) is 5.10 Å². The fourth-order valence-corrected chi connectivity index (χ4v) is 4.44. The molecule has 3 heterocycles. The molecule has 2 aromatic rings. The van der Waals surface area contributed by atoms with Crippen molar-refractivity contribution in [1.29, 1.82) is 0 Å². The van der Waals surface area contributed by atoms with E-state index in [-0.39, 0.29) is 0 Å². The van der Waals surface area contributed by atoms with Crippen molar-refractivity contribution >= 4 is 0 Å². The minimum Gasteiger partial charge on any atom is -0.379 e. The SMILES string of the molecule is Cc1cc(C)c(CN2CCC[C@H](N3CCOCC3)C2)c(-n2cccn2)c1. The summed E-state index contributed by atoms with van der Waals surface area (Å²) < 4.78 is 7.54. The van der Waals surface area contributed by atoms with Gasteiger partial charge in [0.2, 0.25) is 0 Å². The van der Waals surface area contributed by atoms with Crippen molar-refractivity contribution in [3.05, 3.63) is 47.3 Å². The summed E-state index contributed by atoms with van der Waals surface area (Å²) in [4.78, 5) is 5.26. The second kappa shape index (κ2) is 7.91. The first-order chi connectivity index (χ1) is 12.7. The minimum absolute atomic E-state index is 0.673. The van der Waals surface area contributed by atoms with E-state index >= 15 is 0 Å². The van der Waals surface area contributed by atoms with Crippen LogP contribution in [0.25, 0.3) is 5.69 Å². The molecule has 0 spiro atoms. The summed E-state index contributed by atoms with van der Waals surface area (Å²) in [7, 11) is 0. The Bertz CT molecular complexity index is 722. The summed E-state index contributed by atoms with van der Waals surface area (Å²) in [5.74, 6) is 0. The zero-order chi connectivity index (χ0) is 17.9. The zero-order valence-corrected chi connectivity index (χ0v) is 16.0. The Hall–Kier alpha value is -1.69. The number of rotatable bonds is 4. The van der Waals surface area contributed by atoms with Crippen LogP contribution in [0.2, 0.25) is 0 Å². The first-order valence-corrected chi connectivity index (χ1v) is 9.85. The van der Waals surface area contributed by atoms with E-state index < -0.39 is 0 Å². The van der Waals surface area contributed by atoms with Crippen LogP contribution in [-0.2, 0) is 11.3 Å². The molecule has 140 valence electrons. The van der Waals surface area contributed by atoms with Crippen LogP contribution >= 0.6 is 0 Å². The van der Waals surface area contributed by atoms with E-state index in [0.717, 1.165) is 39.4 Å². The van der Waals surface area contributed by atoms with E-state index in [4.69, 9.17) is 4.74 Å². The zero-order valence-electron chi connectivity index (χ0n) is 16.0. The lowest BCUT2D eigenvalue weighted by molar-refractivity contribution is -0.00360. The Morgan fingerprint density at radius 3 is 2.77 bits per heavy atom. The summed E-state index contributed by atoms with van der Waals surface area (Å²) >= 11 is 0. The Morgan fingerprint density at radius 1 is 1.15 bits per heavy atom. The van der Waals surface area contributed by atoms with Crippen LogP contribution < -0.4 is 0 Å². The van der Waals surface area contributed by atoms with E-state index in [1.165, 1.54) is 41.8 Å². The average molecular weight is 354 g/mol. The molecule has 0 amide bonds. The summed E-state index contributed by atoms with van der Waals surface area (Å²) in [6.45, 7) is 11.7. The molecule has 0 bridgehead atoms. The van der Waals surface area contributed by atoms with Crippen LogP contribution in [0.15, 0.2) is 30.6 Å². The molecular weight excluding hydrogens is 324 g/mol. The summed E-state index contributed by atoms with van der Waals surface area (Å²) in [5, 5.41) is 4.49. The highest BCUT2D eigenvalue weighted by Gasteiger charge is 2.27. The maximum Gasteiger partial charge on any atom is 0.0695 e. The number of hydrogen-bond donors (Lipinski definition) is 0. The fraction of sp³-hybridized carbons (Fsp3) is 0.571. The fourth-order valence-electron chi connectivity index (χ4n) is 4.44. The van der Waals surface area contributed by atoms with E-state index in [1.54, 1.807) is 0 Å². The molecule has 2 aliphatic heterocycles. The highest BCUT2D eigenvalue weighted by atomic mass is 16.5. The number of hydrogen-bond acceptors (Lipinski definition) is 4. The Kier molecular flexibility index (Phi) is 5.38. The van der Waals surface area contributed by atoms with Gasteiger partial charge in [-0.1, -0.05) is 6.07 Å². The third kappa shape index (κ3) is 3.85. The van der Waals surface area contributed by atoms with Crippen molar-refractivity contribution in [3.8, 4) is 5.69 Å². The molecule has 26 heavy (non-hydrogen) atoms. The lowest BCUT2D eigenvalue weighted by Gasteiger charge is -2.41. The van der Waals surface area contributed by atoms with Gasteiger partial charge in [-0.05, 0) is 62.1 Å². The van der Waals surface area contributed by atoms with E-state index in [2.05, 4.69) is 40.9 Å². The molecule has 2 fully saturated rings. The van der Waals surface area contributed by atoms with Gasteiger partial charge < -0.3 is 4.74 Å². The van der Waals surface area contributed by atoms with Crippen LogP contribution in [0, 0.1) is 13.8 Å². The van der Waals surface area contributed by atoms with Gasteiger partial charge in [-0.3, -0.25) is 9.80 Å². The number of likely N-dealkylation sites (tertiary alicyclic amines) is 1. The van der Waals surface area contributed by atoms with Gasteiger partial charge in [0.1, 0.15) is 0 Å². The molecule has 5 heteroatoms. The molecule has 0 radical (unpaired) electrons. The van der Waals surface area contributed by atoms with Gasteiger partial charge in [-0.25, -0.2) is 4.68 Å². The quantitative estimate of drug-likeness (QED) is 0.845. The minimum atomic E-state index is 0.673. The van der Waals surface area contributed by atoms with Crippen molar-refractivity contribution in [3.63, 3.8) is 0 Å². The summed E-state index contributed by atoms with van der Waals surface area (Å²) in [5.41, 5.74) is 5.29. The molecule has 4 rings (SSSR count). The van der Waals surface area contributed by atoms with Gasteiger partial charge in [0.25, 0.3) is 0 Å². The molecule has 1 atom stereocenters. The highest BCUT2D eigenvalue weighted by molar-refractivity contribution is 5.48. The van der Waals surface area contributed by atoms with Crippen molar-refractivity contribution in [2.75, 3.05) is 39.4 Å². The van der Waals surface area contributed by atoms with Gasteiger partial charge in [-0.15, -0.1) is 0 Å². The first kappa shape index (κ1) is 17.7. The third-order valence-corrected chi connectivity index (χ3v) is 5.77. The lowest BCUT2D eigenvalue weighted by Crippen LogP contribution is -2.51. The van der Waals surface area contributed by atoms with Crippen LogP contribution in [0.1, 0.15) is 29.5 Å². The van der Waals surface area contributed by atoms with Crippen molar-refractivity contribution in [1.82, 2.24) is 19.6 Å². The number of nitrogens with zero attached hydrogens (tertiary/aromatic N) is 4. The van der Waals surface area contributed by atoms with Crippen LogP contribution in [0.4, 0.5) is 0 Å². The maximum atomic E-state index is 5.53. The number of morpholine rings is 1. The largest absolute Gasteiger partial charge is 0.379 e. The van der Waals surface area contributed by atoms with Gasteiger partial charge in [0.05, 0.1) is 18.9 Å². The number of benzene rings is 1. The topological polar surface area (TPSA) is 33.5 Å². The van der Waals surface area contributed by atoms with Gasteiger partial charge in [0.15, 0.2) is 0 Å². The number of aryl methyl sites for hydroxylation is 2. The monoisotopic (exact) mass is 354 g/mol. The van der Waals surface area contributed by atoms with Gasteiger partial charge in [0, 0.05) is 44.6 Å². The van der Waals surface area contributed by atoms with Crippen LogP contribution in [0.3, 0.4) is 0 Å². The number of piperidine rings is 1. The Labute approximate surface area is 156 Å². The predicted molar refractivity (Wildman–Crippen MR) is 104 cm³/mol. The second-order valence-corrected chi connectivity index (χ2v) is 7.71. The Balaban J connectivity index is 1.53. The molecule has 0 aliphatic carbocycles. The van der Waals surface area contributed by atoms with Crippen molar-refractivity contribution in [2.24, 2.45) is 0 Å². The normalized spacial score (nSPS) is 22.6. The molecule has 1 aromatic heterocycles. The van der Waals surface area contributed by atoms with Crippen molar-refractivity contribution in [2.45, 2.75) is 39.3 Å². The van der Waals surface area contributed by atoms with Crippen LogP contribution in [0.5, 0.6) is 0 Å². The number of aromatic nitrogens is 2. The highest BCUT2D eigenvalue weighted by Crippen LogP contribution is 2.25. The first-order valence-electron chi connectivity index (χ1n) is 9.85. The molecule has 5 nitrogen and oxygen atoms in total. The van der Waals surface area contributed by atoms with E-state index in [9.17, 15) is 0 Å². The van der Waals surface area contributed by atoms with Crippen LogP contribution in [-0.4, -0.2) is 65.0 Å². The number of ether oxygens (including phenoxy) is 1. The maximum absolute atomic E-state index is 5.53. The third-order valence-electron chi connectivity index (χ3n) is 5.77. The molecule has 0 unspecified atom stereocenters. The molecule has 0 N–H and O–H groups in total.